The molecule has 43 heavy (non-hydrogen) atoms. The number of benzene rings is 2. The minimum atomic E-state index is -3.85. The van der Waals surface area contributed by atoms with E-state index >= 15 is 0 Å². The van der Waals surface area contributed by atoms with Crippen LogP contribution in [0.1, 0.15) is 47.3 Å². The highest BCUT2D eigenvalue weighted by Crippen LogP contribution is 2.39. The molecule has 6 rings (SSSR count). The first-order chi connectivity index (χ1) is 20.8. The molecule has 0 aliphatic carbocycles. The summed E-state index contributed by atoms with van der Waals surface area (Å²) in [5.74, 6) is 0.978. The maximum absolute atomic E-state index is 13.5. The zero-order chi connectivity index (χ0) is 30.0. The summed E-state index contributed by atoms with van der Waals surface area (Å²) in [5.41, 5.74) is 1.94. The topological polar surface area (TPSA) is 122 Å². The predicted octanol–water partition coefficient (Wildman–Crippen LogP) is 4.70. The van der Waals surface area contributed by atoms with E-state index in [2.05, 4.69) is 34.1 Å². The summed E-state index contributed by atoms with van der Waals surface area (Å²) in [4.78, 5) is 23.3. The van der Waals surface area contributed by atoms with Crippen molar-refractivity contribution in [1.29, 1.82) is 0 Å². The van der Waals surface area contributed by atoms with Crippen LogP contribution in [0.4, 0.5) is 5.95 Å². The lowest BCUT2D eigenvalue weighted by Crippen LogP contribution is -2.39. The van der Waals surface area contributed by atoms with Crippen molar-refractivity contribution in [2.24, 2.45) is 11.8 Å². The second-order valence-corrected chi connectivity index (χ2v) is 13.7. The molecule has 0 radical (unpaired) electrons. The van der Waals surface area contributed by atoms with Gasteiger partial charge in [0, 0.05) is 44.5 Å². The molecule has 228 valence electrons. The van der Waals surface area contributed by atoms with Gasteiger partial charge in [0.15, 0.2) is 11.5 Å². The van der Waals surface area contributed by atoms with E-state index in [9.17, 15) is 18.3 Å². The lowest BCUT2D eigenvalue weighted by Gasteiger charge is -2.33. The fourth-order valence-corrected chi connectivity index (χ4v) is 8.16. The monoisotopic (exact) mass is 626 g/mol. The smallest absolute Gasteiger partial charge is 0.339 e. The molecule has 3 aliphatic rings. The molecule has 4 heterocycles. The molecule has 0 saturated carbocycles. The van der Waals surface area contributed by atoms with Crippen LogP contribution in [-0.2, 0) is 22.9 Å². The first-order valence-corrected chi connectivity index (χ1v) is 16.6. The molecular formula is C31H35ClN4O6S. The van der Waals surface area contributed by atoms with Gasteiger partial charge in [-0.1, -0.05) is 41.9 Å². The van der Waals surface area contributed by atoms with Gasteiger partial charge in [0.25, 0.3) is 0 Å². The summed E-state index contributed by atoms with van der Waals surface area (Å²) in [5, 5.41) is 9.94. The summed E-state index contributed by atoms with van der Waals surface area (Å²) >= 11 is 6.36. The quantitative estimate of drug-likeness (QED) is 0.379. The van der Waals surface area contributed by atoms with Crippen LogP contribution in [0, 0.1) is 11.8 Å². The van der Waals surface area contributed by atoms with Gasteiger partial charge in [-0.2, -0.15) is 4.31 Å². The Morgan fingerprint density at radius 3 is 2.23 bits per heavy atom. The van der Waals surface area contributed by atoms with Crippen LogP contribution in [0.3, 0.4) is 0 Å². The van der Waals surface area contributed by atoms with Crippen molar-refractivity contribution in [3.63, 3.8) is 0 Å². The lowest BCUT2D eigenvalue weighted by molar-refractivity contribution is 0.0694. The van der Waals surface area contributed by atoms with E-state index in [1.807, 2.05) is 6.07 Å². The van der Waals surface area contributed by atoms with Gasteiger partial charge in [0.05, 0.1) is 16.3 Å². The van der Waals surface area contributed by atoms with Gasteiger partial charge in [-0.15, -0.1) is 0 Å². The number of carboxylic acid groups (broad SMARTS) is 1. The number of piperidine rings is 2. The van der Waals surface area contributed by atoms with Gasteiger partial charge in [-0.25, -0.2) is 23.2 Å². The first kappa shape index (κ1) is 29.7. The van der Waals surface area contributed by atoms with Crippen LogP contribution in [0.25, 0.3) is 0 Å². The van der Waals surface area contributed by atoms with Crippen molar-refractivity contribution in [1.82, 2.24) is 14.3 Å². The number of fused-ring (bicyclic) bond motifs is 1. The Labute approximate surface area is 256 Å². The van der Waals surface area contributed by atoms with E-state index in [1.165, 1.54) is 28.2 Å². The number of hydrogen-bond acceptors (Lipinski definition) is 8. The first-order valence-electron chi connectivity index (χ1n) is 14.8. The summed E-state index contributed by atoms with van der Waals surface area (Å²) in [7, 11) is -3.85. The number of carboxylic acids is 1. The lowest BCUT2D eigenvalue weighted by atomic mass is 9.90. The Balaban J connectivity index is 1.10. The normalized spacial score (nSPS) is 18.5. The average Bonchev–Trinajstić information content (AvgIpc) is 3.01. The Morgan fingerprint density at radius 2 is 1.56 bits per heavy atom. The third-order valence-electron chi connectivity index (χ3n) is 8.62. The van der Waals surface area contributed by atoms with E-state index < -0.39 is 16.0 Å². The van der Waals surface area contributed by atoms with Crippen molar-refractivity contribution in [3.05, 3.63) is 70.5 Å². The van der Waals surface area contributed by atoms with E-state index in [4.69, 9.17) is 26.1 Å². The summed E-state index contributed by atoms with van der Waals surface area (Å²) in [6.07, 6.45) is 6.10. The van der Waals surface area contributed by atoms with Crippen LogP contribution >= 0.6 is 11.6 Å². The van der Waals surface area contributed by atoms with Crippen molar-refractivity contribution in [2.45, 2.75) is 43.4 Å². The molecule has 1 N–H and O–H groups in total. The standard InChI is InChI=1S/C31H35ClN4O6S/c32-25-18-27-28(42-15-14-41-27)19-29(25)43(39,40)36-12-8-23(9-13-36)17-26-24(30(37)38)20-33-31(34-26)35-10-6-22(7-11-35)16-21-4-2-1-3-5-21/h1-5,18-20,22-23H,6-17H2,(H,37,38). The van der Waals surface area contributed by atoms with E-state index in [1.54, 1.807) is 0 Å². The summed E-state index contributed by atoms with van der Waals surface area (Å²) < 4.78 is 39.5. The molecule has 2 saturated heterocycles. The summed E-state index contributed by atoms with van der Waals surface area (Å²) in [6.45, 7) is 2.97. The maximum atomic E-state index is 13.5. The van der Waals surface area contributed by atoms with E-state index in [0.717, 1.165) is 32.4 Å². The maximum Gasteiger partial charge on any atom is 0.339 e. The zero-order valence-corrected chi connectivity index (χ0v) is 25.4. The largest absolute Gasteiger partial charge is 0.486 e. The molecule has 10 nitrogen and oxygen atoms in total. The molecule has 3 aromatic rings. The molecule has 0 atom stereocenters. The van der Waals surface area contributed by atoms with Crippen LogP contribution in [0.2, 0.25) is 5.02 Å². The minimum absolute atomic E-state index is 0.00184. The van der Waals surface area contributed by atoms with Gasteiger partial charge < -0.3 is 19.5 Å². The third-order valence-corrected chi connectivity index (χ3v) is 11.0. The second-order valence-electron chi connectivity index (χ2n) is 11.4. The average molecular weight is 627 g/mol. The SMILES string of the molecule is O=C(O)c1cnc(N2CCC(Cc3ccccc3)CC2)nc1CC1CCN(S(=O)(=O)c2cc3c(cc2Cl)OCCO3)CC1. The number of ether oxygens (including phenoxy) is 2. The van der Waals surface area contributed by atoms with Crippen LogP contribution in [0.15, 0.2) is 53.6 Å². The Kier molecular flexibility index (Phi) is 8.74. The molecular weight excluding hydrogens is 592 g/mol. The predicted molar refractivity (Wildman–Crippen MR) is 162 cm³/mol. The number of halogens is 1. The van der Waals surface area contributed by atoms with Crippen LogP contribution in [-0.4, -0.2) is 73.2 Å². The van der Waals surface area contributed by atoms with Gasteiger partial charge in [-0.3, -0.25) is 0 Å². The van der Waals surface area contributed by atoms with Gasteiger partial charge in [-0.05, 0) is 55.9 Å². The van der Waals surface area contributed by atoms with Crippen LogP contribution in [0.5, 0.6) is 11.5 Å². The van der Waals surface area contributed by atoms with Crippen molar-refractivity contribution < 1.29 is 27.8 Å². The minimum Gasteiger partial charge on any atom is -0.486 e. The Morgan fingerprint density at radius 1 is 0.930 bits per heavy atom. The number of rotatable bonds is 8. The molecule has 0 unspecified atom stereocenters. The highest BCUT2D eigenvalue weighted by molar-refractivity contribution is 7.89. The van der Waals surface area contributed by atoms with Crippen LogP contribution < -0.4 is 14.4 Å². The zero-order valence-electron chi connectivity index (χ0n) is 23.8. The highest BCUT2D eigenvalue weighted by Gasteiger charge is 2.33. The molecule has 0 bridgehead atoms. The third kappa shape index (κ3) is 6.58. The van der Waals surface area contributed by atoms with Gasteiger partial charge in [0.1, 0.15) is 18.1 Å². The number of aromatic nitrogens is 2. The molecule has 3 aliphatic heterocycles. The Hall–Kier alpha value is -3.41. The van der Waals surface area contributed by atoms with E-state index in [0.29, 0.717) is 74.6 Å². The summed E-state index contributed by atoms with van der Waals surface area (Å²) in [6, 6.07) is 13.4. The molecule has 0 spiro atoms. The van der Waals surface area contributed by atoms with Crippen molar-refractivity contribution in [2.75, 3.05) is 44.3 Å². The molecule has 2 aromatic carbocycles. The molecule has 2 fully saturated rings. The second kappa shape index (κ2) is 12.7. The number of nitrogens with zero attached hydrogens (tertiary/aromatic N) is 4. The number of aromatic carboxylic acids is 1. The van der Waals surface area contributed by atoms with Gasteiger partial charge >= 0.3 is 5.97 Å². The van der Waals surface area contributed by atoms with E-state index in [-0.39, 0.29) is 21.4 Å². The van der Waals surface area contributed by atoms with Crippen molar-refractivity contribution >= 4 is 33.5 Å². The highest BCUT2D eigenvalue weighted by atomic mass is 35.5. The number of hydrogen-bond donors (Lipinski definition) is 1. The molecule has 0 amide bonds. The Bertz CT molecular complexity index is 1570. The van der Waals surface area contributed by atoms with Crippen molar-refractivity contribution in [3.8, 4) is 11.5 Å². The molecule has 12 heteroatoms. The fraction of sp³-hybridized carbons (Fsp3) is 0.452. The fourth-order valence-electron chi connectivity index (χ4n) is 6.19. The van der Waals surface area contributed by atoms with Gasteiger partial charge in [0.2, 0.25) is 16.0 Å². The molecule has 1 aromatic heterocycles. The number of anilines is 1. The number of carbonyl (C=O) groups is 1. The number of sulfonamides is 1.